The first-order chi connectivity index (χ1) is 14.1. The average Bonchev–Trinajstić information content (AvgIpc) is 3.16. The second-order valence-electron chi connectivity index (χ2n) is 7.36. The molecule has 3 aromatic rings. The number of thiazole rings is 1. The molecule has 1 amide bonds. The molecule has 0 radical (unpaired) electrons. The van der Waals surface area contributed by atoms with E-state index in [4.69, 9.17) is 9.47 Å². The van der Waals surface area contributed by atoms with E-state index in [0.717, 1.165) is 53.9 Å². The molecule has 2 aromatic carbocycles. The maximum absolute atomic E-state index is 12.6. The Labute approximate surface area is 175 Å². The number of methoxy groups -OCH3 is 1. The van der Waals surface area contributed by atoms with Crippen LogP contribution in [0.15, 0.2) is 42.5 Å². The third-order valence-corrected chi connectivity index (χ3v) is 6.33. The Kier molecular flexibility index (Phi) is 6.00. The molecule has 0 bridgehead atoms. The molecule has 152 valence electrons. The van der Waals surface area contributed by atoms with Gasteiger partial charge in [0.1, 0.15) is 11.9 Å². The first-order valence-corrected chi connectivity index (χ1v) is 10.9. The summed E-state index contributed by atoms with van der Waals surface area (Å²) in [6.45, 7) is 3.60. The summed E-state index contributed by atoms with van der Waals surface area (Å²) in [5.74, 6) is 1.02. The number of nitrogens with zero attached hydrogens (tertiary/aromatic N) is 2. The fourth-order valence-electron chi connectivity index (χ4n) is 3.61. The zero-order valence-corrected chi connectivity index (χ0v) is 17.7. The predicted molar refractivity (Wildman–Crippen MR) is 116 cm³/mol. The van der Waals surface area contributed by atoms with Crippen LogP contribution in [0.3, 0.4) is 0 Å². The topological polar surface area (TPSA) is 51.7 Å². The van der Waals surface area contributed by atoms with Gasteiger partial charge in [0.15, 0.2) is 0 Å². The molecule has 1 aromatic heterocycles. The molecule has 0 saturated carbocycles. The van der Waals surface area contributed by atoms with Crippen LogP contribution in [0.1, 0.15) is 30.9 Å². The molecular weight excluding hydrogens is 384 g/mol. The first kappa shape index (κ1) is 19.7. The molecule has 2 heterocycles. The van der Waals surface area contributed by atoms with Crippen molar-refractivity contribution in [2.24, 2.45) is 0 Å². The third kappa shape index (κ3) is 4.70. The second-order valence-corrected chi connectivity index (χ2v) is 8.35. The van der Waals surface area contributed by atoms with E-state index < -0.39 is 0 Å². The van der Waals surface area contributed by atoms with Gasteiger partial charge in [-0.05, 0) is 35.7 Å². The molecule has 29 heavy (non-hydrogen) atoms. The lowest BCUT2D eigenvalue weighted by Crippen LogP contribution is -2.42. The van der Waals surface area contributed by atoms with Gasteiger partial charge in [-0.15, -0.1) is 0 Å². The van der Waals surface area contributed by atoms with Crippen molar-refractivity contribution in [1.82, 2.24) is 9.88 Å². The summed E-state index contributed by atoms with van der Waals surface area (Å²) in [6, 6.07) is 14.2. The summed E-state index contributed by atoms with van der Waals surface area (Å²) in [7, 11) is 1.66. The number of carbonyl (C=O) groups is 1. The minimum atomic E-state index is 0.102. The molecule has 5 nitrogen and oxygen atoms in total. The molecule has 0 aliphatic carbocycles. The average molecular weight is 411 g/mol. The third-order valence-electron chi connectivity index (χ3n) is 5.42. The fraction of sp³-hybridized carbons (Fsp3) is 0.391. The number of hydrogen-bond donors (Lipinski definition) is 0. The monoisotopic (exact) mass is 410 g/mol. The molecular formula is C23H26N2O3S. The van der Waals surface area contributed by atoms with E-state index in [-0.39, 0.29) is 12.0 Å². The van der Waals surface area contributed by atoms with Crippen LogP contribution in [0.25, 0.3) is 10.2 Å². The Hall–Kier alpha value is -2.60. The molecule has 1 fully saturated rings. The minimum Gasteiger partial charge on any atom is -0.497 e. The Bertz CT molecular complexity index is 975. The number of amides is 1. The second kappa shape index (κ2) is 8.82. The number of aromatic nitrogens is 1. The van der Waals surface area contributed by atoms with Gasteiger partial charge in [0.05, 0.1) is 23.7 Å². The Morgan fingerprint density at radius 1 is 1.14 bits per heavy atom. The molecule has 6 heteroatoms. The largest absolute Gasteiger partial charge is 0.497 e. The number of fused-ring (bicyclic) bond motifs is 1. The SMILES string of the molecule is CCc1ccc(CC(=O)N2CCC(Oc3nc4ccc(OC)cc4s3)CC2)cc1. The number of rotatable bonds is 6. The molecule has 1 saturated heterocycles. The van der Waals surface area contributed by atoms with Gasteiger partial charge in [-0.3, -0.25) is 4.79 Å². The van der Waals surface area contributed by atoms with E-state index in [0.29, 0.717) is 11.6 Å². The van der Waals surface area contributed by atoms with Crippen LogP contribution < -0.4 is 9.47 Å². The van der Waals surface area contributed by atoms with E-state index >= 15 is 0 Å². The van der Waals surface area contributed by atoms with Gasteiger partial charge in [0.2, 0.25) is 5.91 Å². The fourth-order valence-corrected chi connectivity index (χ4v) is 4.52. The molecule has 1 aliphatic heterocycles. The summed E-state index contributed by atoms with van der Waals surface area (Å²) >= 11 is 1.54. The number of carbonyl (C=O) groups excluding carboxylic acids is 1. The van der Waals surface area contributed by atoms with Crippen LogP contribution in [0.5, 0.6) is 10.9 Å². The van der Waals surface area contributed by atoms with Crippen molar-refractivity contribution >= 4 is 27.5 Å². The smallest absolute Gasteiger partial charge is 0.274 e. The summed E-state index contributed by atoms with van der Waals surface area (Å²) in [5, 5.41) is 0.689. The van der Waals surface area contributed by atoms with Crippen LogP contribution in [-0.2, 0) is 17.6 Å². The van der Waals surface area contributed by atoms with E-state index in [1.165, 1.54) is 16.9 Å². The van der Waals surface area contributed by atoms with Gasteiger partial charge < -0.3 is 14.4 Å². The number of likely N-dealkylation sites (tertiary alicyclic amines) is 1. The first-order valence-electron chi connectivity index (χ1n) is 10.1. The van der Waals surface area contributed by atoms with Gasteiger partial charge >= 0.3 is 0 Å². The molecule has 0 unspecified atom stereocenters. The van der Waals surface area contributed by atoms with Crippen molar-refractivity contribution in [2.45, 2.75) is 38.7 Å². The van der Waals surface area contributed by atoms with Crippen LogP contribution in [-0.4, -0.2) is 42.1 Å². The summed E-state index contributed by atoms with van der Waals surface area (Å²) in [4.78, 5) is 19.1. The van der Waals surface area contributed by atoms with Crippen molar-refractivity contribution in [3.05, 3.63) is 53.6 Å². The summed E-state index contributed by atoms with van der Waals surface area (Å²) in [5.41, 5.74) is 3.30. The Morgan fingerprint density at radius 3 is 2.55 bits per heavy atom. The van der Waals surface area contributed by atoms with Crippen molar-refractivity contribution in [3.8, 4) is 10.9 Å². The van der Waals surface area contributed by atoms with Gasteiger partial charge in [-0.25, -0.2) is 4.98 Å². The van der Waals surface area contributed by atoms with E-state index in [1.54, 1.807) is 7.11 Å². The van der Waals surface area contributed by atoms with Crippen LogP contribution >= 0.6 is 11.3 Å². The van der Waals surface area contributed by atoms with E-state index in [9.17, 15) is 4.79 Å². The molecule has 0 spiro atoms. The van der Waals surface area contributed by atoms with Gasteiger partial charge in [0, 0.05) is 25.9 Å². The highest BCUT2D eigenvalue weighted by Crippen LogP contribution is 2.32. The lowest BCUT2D eigenvalue weighted by atomic mass is 10.0. The lowest BCUT2D eigenvalue weighted by Gasteiger charge is -2.31. The lowest BCUT2D eigenvalue weighted by molar-refractivity contribution is -0.132. The number of piperidine rings is 1. The molecule has 0 N–H and O–H groups in total. The Balaban J connectivity index is 1.30. The van der Waals surface area contributed by atoms with Crippen molar-refractivity contribution in [3.63, 3.8) is 0 Å². The van der Waals surface area contributed by atoms with Crippen LogP contribution in [0.2, 0.25) is 0 Å². The maximum Gasteiger partial charge on any atom is 0.274 e. The number of benzene rings is 2. The van der Waals surface area contributed by atoms with Crippen molar-refractivity contribution in [2.75, 3.05) is 20.2 Å². The van der Waals surface area contributed by atoms with Crippen molar-refractivity contribution in [1.29, 1.82) is 0 Å². The van der Waals surface area contributed by atoms with Crippen LogP contribution in [0, 0.1) is 0 Å². The minimum absolute atomic E-state index is 0.102. The summed E-state index contributed by atoms with van der Waals surface area (Å²) in [6.07, 6.45) is 3.25. The Morgan fingerprint density at radius 2 is 1.86 bits per heavy atom. The highest BCUT2D eigenvalue weighted by molar-refractivity contribution is 7.20. The highest BCUT2D eigenvalue weighted by atomic mass is 32.1. The van der Waals surface area contributed by atoms with E-state index in [2.05, 4.69) is 36.2 Å². The zero-order valence-electron chi connectivity index (χ0n) is 16.9. The van der Waals surface area contributed by atoms with Gasteiger partial charge in [-0.2, -0.15) is 0 Å². The van der Waals surface area contributed by atoms with Gasteiger partial charge in [-0.1, -0.05) is 42.5 Å². The normalized spacial score (nSPS) is 14.9. The molecule has 0 atom stereocenters. The highest BCUT2D eigenvalue weighted by Gasteiger charge is 2.24. The van der Waals surface area contributed by atoms with Crippen molar-refractivity contribution < 1.29 is 14.3 Å². The quantitative estimate of drug-likeness (QED) is 0.601. The maximum atomic E-state index is 12.6. The van der Waals surface area contributed by atoms with Gasteiger partial charge in [0.25, 0.3) is 5.19 Å². The standard InChI is InChI=1S/C23H26N2O3S/c1-3-16-4-6-17(7-5-16)14-22(26)25-12-10-18(11-13-25)28-23-24-20-9-8-19(27-2)15-21(20)29-23/h4-9,15,18H,3,10-14H2,1-2H3. The number of aryl methyl sites for hydroxylation is 1. The predicted octanol–water partition coefficient (Wildman–Crippen LogP) is 4.48. The molecule has 1 aliphatic rings. The zero-order chi connectivity index (χ0) is 20.2. The van der Waals surface area contributed by atoms with E-state index in [1.807, 2.05) is 23.1 Å². The number of hydrogen-bond acceptors (Lipinski definition) is 5. The molecule has 4 rings (SSSR count). The number of ether oxygens (including phenoxy) is 2. The van der Waals surface area contributed by atoms with Crippen LogP contribution in [0.4, 0.5) is 0 Å². The summed E-state index contributed by atoms with van der Waals surface area (Å²) < 4.78 is 12.4.